The van der Waals surface area contributed by atoms with Gasteiger partial charge in [0, 0.05) is 17.7 Å². The maximum Gasteiger partial charge on any atom is 0.173 e. The van der Waals surface area contributed by atoms with E-state index in [1.54, 1.807) is 14.2 Å². The van der Waals surface area contributed by atoms with Crippen LogP contribution >= 0.6 is 0 Å². The molecule has 2 aromatic carbocycles. The van der Waals surface area contributed by atoms with Crippen molar-refractivity contribution in [1.82, 2.24) is 0 Å². The van der Waals surface area contributed by atoms with Gasteiger partial charge in [0.15, 0.2) is 5.41 Å². The van der Waals surface area contributed by atoms with Crippen molar-refractivity contribution in [2.24, 2.45) is 16.7 Å². The maximum absolute atomic E-state index is 10.4. The summed E-state index contributed by atoms with van der Waals surface area (Å²) in [6, 6.07) is 18.3. The molecule has 3 atom stereocenters. The lowest BCUT2D eigenvalue weighted by Crippen LogP contribution is -2.41. The Bertz CT molecular complexity index is 1080. The second-order valence-corrected chi connectivity index (χ2v) is 9.30. The zero-order valence-corrected chi connectivity index (χ0v) is 18.6. The SMILES string of the molecule is COc1cc(OC)cc(C2C(C(C)(C)C)C(C#N)(C#N)C3C=Cc4ccccc4N23)c1. The van der Waals surface area contributed by atoms with Gasteiger partial charge in [-0.1, -0.05) is 51.1 Å². The van der Waals surface area contributed by atoms with Gasteiger partial charge in [-0.25, -0.2) is 0 Å². The first-order valence-electron chi connectivity index (χ1n) is 10.4. The molecular weight excluding hydrogens is 386 g/mol. The van der Waals surface area contributed by atoms with Crippen molar-refractivity contribution in [2.75, 3.05) is 19.1 Å². The number of benzene rings is 2. The fourth-order valence-corrected chi connectivity index (χ4v) is 5.39. The van der Waals surface area contributed by atoms with Crippen molar-refractivity contribution in [3.05, 3.63) is 59.7 Å². The molecule has 2 aromatic rings. The third-order valence-electron chi connectivity index (χ3n) is 6.56. The summed E-state index contributed by atoms with van der Waals surface area (Å²) >= 11 is 0. The molecule has 31 heavy (non-hydrogen) atoms. The highest BCUT2D eigenvalue weighted by Crippen LogP contribution is 2.61. The van der Waals surface area contributed by atoms with Gasteiger partial charge in [0.1, 0.15) is 11.5 Å². The fourth-order valence-electron chi connectivity index (χ4n) is 5.39. The Morgan fingerprint density at radius 3 is 2.13 bits per heavy atom. The van der Waals surface area contributed by atoms with Crippen LogP contribution < -0.4 is 14.4 Å². The minimum atomic E-state index is -1.21. The van der Waals surface area contributed by atoms with Gasteiger partial charge in [0.25, 0.3) is 0 Å². The lowest BCUT2D eigenvalue weighted by Gasteiger charge is -2.39. The van der Waals surface area contributed by atoms with Crippen LogP contribution in [-0.2, 0) is 0 Å². The third kappa shape index (κ3) is 3.04. The van der Waals surface area contributed by atoms with Crippen LogP contribution in [0, 0.1) is 39.4 Å². The summed E-state index contributed by atoms with van der Waals surface area (Å²) in [6.07, 6.45) is 4.05. The van der Waals surface area contributed by atoms with Gasteiger partial charge in [-0.15, -0.1) is 0 Å². The van der Waals surface area contributed by atoms with Crippen LogP contribution in [0.4, 0.5) is 5.69 Å². The zero-order valence-electron chi connectivity index (χ0n) is 18.6. The van der Waals surface area contributed by atoms with E-state index >= 15 is 0 Å². The molecule has 2 aliphatic rings. The smallest absolute Gasteiger partial charge is 0.173 e. The molecule has 0 aliphatic carbocycles. The Morgan fingerprint density at radius 2 is 1.58 bits per heavy atom. The molecule has 0 N–H and O–H groups in total. The van der Waals surface area contributed by atoms with E-state index in [2.05, 4.69) is 49.9 Å². The quantitative estimate of drug-likeness (QED) is 0.678. The van der Waals surface area contributed by atoms with Crippen LogP contribution in [0.1, 0.15) is 37.9 Å². The summed E-state index contributed by atoms with van der Waals surface area (Å²) in [4.78, 5) is 2.26. The number of hydrogen-bond acceptors (Lipinski definition) is 5. The molecular formula is C26H27N3O2. The number of fused-ring (bicyclic) bond motifs is 3. The number of methoxy groups -OCH3 is 2. The van der Waals surface area contributed by atoms with E-state index in [0.717, 1.165) is 16.8 Å². The highest BCUT2D eigenvalue weighted by Gasteiger charge is 2.64. The minimum absolute atomic E-state index is 0.209. The molecule has 4 rings (SSSR count). The highest BCUT2D eigenvalue weighted by molar-refractivity contribution is 5.75. The van der Waals surface area contributed by atoms with Crippen molar-refractivity contribution >= 4 is 11.8 Å². The number of para-hydroxylation sites is 1. The van der Waals surface area contributed by atoms with E-state index in [9.17, 15) is 10.5 Å². The van der Waals surface area contributed by atoms with Crippen LogP contribution in [0.3, 0.4) is 0 Å². The molecule has 2 aliphatic heterocycles. The number of hydrogen-bond donors (Lipinski definition) is 0. The molecule has 0 amide bonds. The average molecular weight is 414 g/mol. The lowest BCUT2D eigenvalue weighted by atomic mass is 9.61. The lowest BCUT2D eigenvalue weighted by molar-refractivity contribution is 0.155. The molecule has 5 heteroatoms. The number of nitrogens with zero attached hydrogens (tertiary/aromatic N) is 3. The second-order valence-electron chi connectivity index (χ2n) is 9.30. The van der Waals surface area contributed by atoms with Gasteiger partial charge in [-0.05, 0) is 34.7 Å². The second kappa shape index (κ2) is 7.36. The molecule has 0 aromatic heterocycles. The van der Waals surface area contributed by atoms with Crippen molar-refractivity contribution in [3.63, 3.8) is 0 Å². The van der Waals surface area contributed by atoms with Gasteiger partial charge >= 0.3 is 0 Å². The zero-order chi connectivity index (χ0) is 22.4. The number of nitriles is 2. The predicted molar refractivity (Wildman–Crippen MR) is 121 cm³/mol. The molecule has 3 unspecified atom stereocenters. The molecule has 1 fully saturated rings. The first-order valence-corrected chi connectivity index (χ1v) is 10.4. The van der Waals surface area contributed by atoms with Gasteiger partial charge in [-0.3, -0.25) is 0 Å². The Balaban J connectivity index is 2.05. The van der Waals surface area contributed by atoms with Crippen molar-refractivity contribution in [3.8, 4) is 23.6 Å². The largest absolute Gasteiger partial charge is 0.497 e. The van der Waals surface area contributed by atoms with Crippen molar-refractivity contribution < 1.29 is 9.47 Å². The van der Waals surface area contributed by atoms with Crippen molar-refractivity contribution in [1.29, 1.82) is 10.5 Å². The molecule has 0 radical (unpaired) electrons. The molecule has 1 saturated heterocycles. The van der Waals surface area contributed by atoms with Gasteiger partial charge < -0.3 is 14.4 Å². The summed E-state index contributed by atoms with van der Waals surface area (Å²) in [7, 11) is 3.26. The van der Waals surface area contributed by atoms with Crippen LogP contribution in [0.2, 0.25) is 0 Å². The summed E-state index contributed by atoms with van der Waals surface area (Å²) in [5.74, 6) is 1.12. The standard InChI is InChI=1S/C26H27N3O2/c1-25(2,3)24-23(18-12-19(30-4)14-20(13-18)31-5)29-21-9-7-6-8-17(21)10-11-22(29)26(24,15-27)16-28/h6-14,22-24H,1-5H3. The van der Waals surface area contributed by atoms with E-state index in [4.69, 9.17) is 9.47 Å². The van der Waals surface area contributed by atoms with Crippen LogP contribution in [-0.4, -0.2) is 20.3 Å². The van der Waals surface area contributed by atoms with E-state index in [1.165, 1.54) is 0 Å². The van der Waals surface area contributed by atoms with Gasteiger partial charge in [0.05, 0.1) is 38.4 Å². The summed E-state index contributed by atoms with van der Waals surface area (Å²) in [5, 5.41) is 20.8. The Hall–Kier alpha value is -3.44. The molecule has 2 heterocycles. The summed E-state index contributed by atoms with van der Waals surface area (Å²) in [6.45, 7) is 6.33. The number of rotatable bonds is 3. The van der Waals surface area contributed by atoms with Crippen molar-refractivity contribution in [2.45, 2.75) is 32.9 Å². The molecule has 158 valence electrons. The Morgan fingerprint density at radius 1 is 0.968 bits per heavy atom. The van der Waals surface area contributed by atoms with Crippen LogP contribution in [0.5, 0.6) is 11.5 Å². The average Bonchev–Trinajstić information content (AvgIpc) is 3.10. The summed E-state index contributed by atoms with van der Waals surface area (Å²) in [5.41, 5.74) is 1.57. The first kappa shape index (κ1) is 20.8. The van der Waals surface area contributed by atoms with E-state index < -0.39 is 5.41 Å². The normalized spacial score (nSPS) is 23.3. The Kier molecular flexibility index (Phi) is 4.94. The molecule has 0 saturated carbocycles. The molecule has 0 bridgehead atoms. The predicted octanol–water partition coefficient (Wildman–Crippen LogP) is 5.36. The highest BCUT2D eigenvalue weighted by atomic mass is 16.5. The monoisotopic (exact) mass is 413 g/mol. The van der Waals surface area contributed by atoms with Gasteiger partial charge in [-0.2, -0.15) is 10.5 Å². The van der Waals surface area contributed by atoms with E-state index in [-0.39, 0.29) is 23.4 Å². The number of anilines is 1. The minimum Gasteiger partial charge on any atom is -0.497 e. The van der Waals surface area contributed by atoms with E-state index in [0.29, 0.717) is 11.5 Å². The topological polar surface area (TPSA) is 69.3 Å². The maximum atomic E-state index is 10.4. The number of ether oxygens (including phenoxy) is 2. The summed E-state index contributed by atoms with van der Waals surface area (Å²) < 4.78 is 11.1. The Labute approximate surface area is 184 Å². The van der Waals surface area contributed by atoms with E-state index in [1.807, 2.05) is 42.5 Å². The van der Waals surface area contributed by atoms with Crippen LogP contribution in [0.25, 0.3) is 6.08 Å². The molecule has 5 nitrogen and oxygen atoms in total. The molecule has 0 spiro atoms. The van der Waals surface area contributed by atoms with Gasteiger partial charge in [0.2, 0.25) is 0 Å². The van der Waals surface area contributed by atoms with Crippen LogP contribution in [0.15, 0.2) is 48.5 Å². The third-order valence-corrected chi connectivity index (χ3v) is 6.56. The fraction of sp³-hybridized carbons (Fsp3) is 0.385. The first-order chi connectivity index (χ1) is 14.8.